The summed E-state index contributed by atoms with van der Waals surface area (Å²) in [5.41, 5.74) is -1.92. The Bertz CT molecular complexity index is 887. The van der Waals surface area contributed by atoms with Crippen LogP contribution in [-0.4, -0.2) is 41.5 Å². The van der Waals surface area contributed by atoms with Crippen LogP contribution in [0.5, 0.6) is 0 Å². The normalized spacial score (nSPS) is 13.7. The second-order valence-electron chi connectivity index (χ2n) is 5.58. The summed E-state index contributed by atoms with van der Waals surface area (Å²) in [5, 5.41) is 20.1. The van der Waals surface area contributed by atoms with Gasteiger partial charge in [-0.2, -0.15) is 0 Å². The predicted octanol–water partition coefficient (Wildman–Crippen LogP) is -2.57. The highest BCUT2D eigenvalue weighted by atomic mass is 16.3. The van der Waals surface area contributed by atoms with Crippen molar-refractivity contribution < 1.29 is 10.2 Å². The van der Waals surface area contributed by atoms with E-state index in [0.717, 1.165) is 9.13 Å². The Morgan fingerprint density at radius 1 is 0.833 bits per heavy atom. The number of aryl methyl sites for hydroxylation is 2. The molecule has 0 bridgehead atoms. The number of nitrogens with one attached hydrogen (secondary N) is 2. The standard InChI is InChI=1S/C14H18N4O6/c1-7-3-17(13(23)15-11(7)21)5-9(19)10(20)6-18-4-8(2)12(22)16-14(18)24/h3-4,9-10,19-20H,5-6H2,1-2H3,(H,15,21,23)(H,16,22,24). The fourth-order valence-corrected chi connectivity index (χ4v) is 2.15. The fourth-order valence-electron chi connectivity index (χ4n) is 2.15. The van der Waals surface area contributed by atoms with Crippen molar-refractivity contribution in [1.29, 1.82) is 0 Å². The van der Waals surface area contributed by atoms with Gasteiger partial charge in [0.15, 0.2) is 0 Å². The van der Waals surface area contributed by atoms with E-state index in [1.165, 1.54) is 26.2 Å². The molecule has 2 aromatic heterocycles. The molecule has 0 saturated heterocycles. The van der Waals surface area contributed by atoms with E-state index in [0.29, 0.717) is 0 Å². The van der Waals surface area contributed by atoms with Crippen molar-refractivity contribution in [2.45, 2.75) is 39.1 Å². The van der Waals surface area contributed by atoms with E-state index in [2.05, 4.69) is 9.97 Å². The van der Waals surface area contributed by atoms with E-state index < -0.39 is 34.7 Å². The lowest BCUT2D eigenvalue weighted by Crippen LogP contribution is -2.41. The van der Waals surface area contributed by atoms with Gasteiger partial charge in [-0.05, 0) is 13.8 Å². The van der Waals surface area contributed by atoms with E-state index in [-0.39, 0.29) is 24.2 Å². The predicted molar refractivity (Wildman–Crippen MR) is 84.1 cm³/mol. The number of aliphatic hydroxyl groups excluding tert-OH is 2. The zero-order valence-electron chi connectivity index (χ0n) is 13.1. The van der Waals surface area contributed by atoms with Crippen molar-refractivity contribution in [1.82, 2.24) is 19.1 Å². The summed E-state index contributed by atoms with van der Waals surface area (Å²) in [6.07, 6.45) is -0.194. The number of nitrogens with zero attached hydrogens (tertiary/aromatic N) is 2. The molecule has 0 aliphatic carbocycles. The molecule has 10 nitrogen and oxygen atoms in total. The Labute approximate surface area is 134 Å². The van der Waals surface area contributed by atoms with Crippen LogP contribution in [0.15, 0.2) is 31.6 Å². The first kappa shape index (κ1) is 17.6. The molecule has 0 amide bonds. The van der Waals surface area contributed by atoms with E-state index >= 15 is 0 Å². The number of rotatable bonds is 5. The van der Waals surface area contributed by atoms with Gasteiger partial charge in [0.1, 0.15) is 0 Å². The Balaban J connectivity index is 2.17. The van der Waals surface area contributed by atoms with Gasteiger partial charge in [-0.3, -0.25) is 28.7 Å². The number of aliphatic hydroxyl groups is 2. The molecule has 4 N–H and O–H groups in total. The summed E-state index contributed by atoms with van der Waals surface area (Å²) in [6.45, 7) is 2.46. The molecule has 0 radical (unpaired) electrons. The molecule has 0 aliphatic heterocycles. The Hall–Kier alpha value is -2.72. The third kappa shape index (κ3) is 3.78. The minimum Gasteiger partial charge on any atom is -0.388 e. The van der Waals surface area contributed by atoms with E-state index in [9.17, 15) is 29.4 Å². The average Bonchev–Trinajstić information content (AvgIpc) is 2.50. The lowest BCUT2D eigenvalue weighted by Gasteiger charge is -2.19. The van der Waals surface area contributed by atoms with Gasteiger partial charge < -0.3 is 10.2 Å². The second-order valence-corrected chi connectivity index (χ2v) is 5.58. The molecule has 2 atom stereocenters. The van der Waals surface area contributed by atoms with Crippen LogP contribution in [0.3, 0.4) is 0 Å². The highest BCUT2D eigenvalue weighted by molar-refractivity contribution is 5.02. The number of hydrogen-bond acceptors (Lipinski definition) is 6. The maximum atomic E-state index is 11.7. The van der Waals surface area contributed by atoms with Crippen molar-refractivity contribution in [2.24, 2.45) is 0 Å². The third-order valence-electron chi connectivity index (χ3n) is 3.59. The first-order valence-electron chi connectivity index (χ1n) is 7.16. The van der Waals surface area contributed by atoms with Crippen LogP contribution >= 0.6 is 0 Å². The largest absolute Gasteiger partial charge is 0.388 e. The molecule has 2 unspecified atom stereocenters. The second kappa shape index (κ2) is 6.81. The summed E-state index contributed by atoms with van der Waals surface area (Å²) < 4.78 is 2.12. The van der Waals surface area contributed by atoms with Gasteiger partial charge >= 0.3 is 11.4 Å². The number of hydrogen-bond donors (Lipinski definition) is 4. The van der Waals surface area contributed by atoms with Crippen molar-refractivity contribution in [3.63, 3.8) is 0 Å². The van der Waals surface area contributed by atoms with Crippen LogP contribution in [0.25, 0.3) is 0 Å². The molecule has 24 heavy (non-hydrogen) atoms. The molecular formula is C14H18N4O6. The van der Waals surface area contributed by atoms with Crippen molar-refractivity contribution in [2.75, 3.05) is 0 Å². The molecular weight excluding hydrogens is 320 g/mol. The quantitative estimate of drug-likeness (QED) is 0.470. The number of aromatic nitrogens is 4. The third-order valence-corrected chi connectivity index (χ3v) is 3.59. The minimum atomic E-state index is -1.37. The van der Waals surface area contributed by atoms with Gasteiger partial charge in [-0.1, -0.05) is 0 Å². The monoisotopic (exact) mass is 338 g/mol. The lowest BCUT2D eigenvalue weighted by molar-refractivity contribution is -0.00152. The van der Waals surface area contributed by atoms with Crippen LogP contribution in [0.2, 0.25) is 0 Å². The van der Waals surface area contributed by atoms with Crippen molar-refractivity contribution in [3.05, 3.63) is 65.2 Å². The smallest absolute Gasteiger partial charge is 0.328 e. The Morgan fingerprint density at radius 2 is 1.17 bits per heavy atom. The molecule has 130 valence electrons. The van der Waals surface area contributed by atoms with Gasteiger partial charge in [0, 0.05) is 23.5 Å². The van der Waals surface area contributed by atoms with Gasteiger partial charge in [-0.25, -0.2) is 9.59 Å². The summed E-state index contributed by atoms with van der Waals surface area (Å²) in [7, 11) is 0. The zero-order chi connectivity index (χ0) is 18.0. The van der Waals surface area contributed by atoms with Crippen LogP contribution in [0.1, 0.15) is 11.1 Å². The molecule has 0 aromatic carbocycles. The number of aromatic amines is 2. The minimum absolute atomic E-state index is 0.269. The molecule has 0 saturated carbocycles. The van der Waals surface area contributed by atoms with E-state index in [1.807, 2.05) is 0 Å². The topological polar surface area (TPSA) is 150 Å². The summed E-state index contributed by atoms with van der Waals surface area (Å²) in [6, 6.07) is 0. The summed E-state index contributed by atoms with van der Waals surface area (Å²) in [4.78, 5) is 50.1. The van der Waals surface area contributed by atoms with Crippen LogP contribution in [-0.2, 0) is 13.1 Å². The number of H-pyrrole nitrogens is 2. The van der Waals surface area contributed by atoms with E-state index in [4.69, 9.17) is 0 Å². The van der Waals surface area contributed by atoms with Gasteiger partial charge in [0.05, 0.1) is 25.3 Å². The molecule has 2 aromatic rings. The average molecular weight is 338 g/mol. The van der Waals surface area contributed by atoms with Crippen molar-refractivity contribution >= 4 is 0 Å². The van der Waals surface area contributed by atoms with Crippen LogP contribution in [0, 0.1) is 13.8 Å². The molecule has 0 fully saturated rings. The fraction of sp³-hybridized carbons (Fsp3) is 0.429. The molecule has 2 heterocycles. The van der Waals surface area contributed by atoms with Gasteiger partial charge in [0.2, 0.25) is 0 Å². The van der Waals surface area contributed by atoms with Crippen LogP contribution < -0.4 is 22.5 Å². The highest BCUT2D eigenvalue weighted by Gasteiger charge is 2.19. The zero-order valence-corrected chi connectivity index (χ0v) is 13.1. The Morgan fingerprint density at radius 3 is 1.50 bits per heavy atom. The molecule has 2 rings (SSSR count). The van der Waals surface area contributed by atoms with Crippen molar-refractivity contribution in [3.8, 4) is 0 Å². The van der Waals surface area contributed by atoms with Crippen LogP contribution in [0.4, 0.5) is 0 Å². The Kier molecular flexibility index (Phi) is 5.00. The molecule has 0 spiro atoms. The lowest BCUT2D eigenvalue weighted by atomic mass is 10.2. The molecule has 10 heteroatoms. The first-order chi connectivity index (χ1) is 11.2. The van der Waals surface area contributed by atoms with E-state index in [1.54, 1.807) is 0 Å². The van der Waals surface area contributed by atoms with Gasteiger partial charge in [0.25, 0.3) is 11.1 Å². The SMILES string of the molecule is Cc1cn(CC(O)C(O)Cn2cc(C)c(=O)[nH]c2=O)c(=O)[nH]c1=O. The maximum absolute atomic E-state index is 11.7. The molecule has 0 aliphatic rings. The summed E-state index contributed by atoms with van der Waals surface area (Å²) in [5.74, 6) is 0. The summed E-state index contributed by atoms with van der Waals surface area (Å²) >= 11 is 0. The highest BCUT2D eigenvalue weighted by Crippen LogP contribution is 2.00. The van der Waals surface area contributed by atoms with Gasteiger partial charge in [-0.15, -0.1) is 0 Å². The first-order valence-corrected chi connectivity index (χ1v) is 7.16. The maximum Gasteiger partial charge on any atom is 0.328 e.